The van der Waals surface area contributed by atoms with Crippen molar-refractivity contribution in [2.24, 2.45) is 11.3 Å². The van der Waals surface area contributed by atoms with Crippen molar-refractivity contribution in [2.45, 2.75) is 71.8 Å². The van der Waals surface area contributed by atoms with Gasteiger partial charge in [0.25, 0.3) is 0 Å². The van der Waals surface area contributed by atoms with Crippen LogP contribution in [0.5, 0.6) is 0 Å². The van der Waals surface area contributed by atoms with Crippen molar-refractivity contribution in [1.29, 1.82) is 0 Å². The van der Waals surface area contributed by atoms with Gasteiger partial charge < -0.3 is 5.32 Å². The van der Waals surface area contributed by atoms with E-state index >= 15 is 0 Å². The Morgan fingerprint density at radius 2 is 1.75 bits per heavy atom. The summed E-state index contributed by atoms with van der Waals surface area (Å²) in [6.45, 7) is 13.0. The van der Waals surface area contributed by atoms with Gasteiger partial charge in [-0.15, -0.1) is 11.3 Å². The molecule has 1 N–H and O–H groups in total. The van der Waals surface area contributed by atoms with Crippen LogP contribution >= 0.6 is 11.3 Å². The average molecular weight is 294 g/mol. The first-order valence-electron chi connectivity index (χ1n) is 8.06. The summed E-state index contributed by atoms with van der Waals surface area (Å²) in [5.74, 6) is 0.908. The van der Waals surface area contributed by atoms with Crippen molar-refractivity contribution in [2.75, 3.05) is 6.54 Å². The van der Waals surface area contributed by atoms with Crippen molar-refractivity contribution in [3.05, 3.63) is 22.4 Å². The molecule has 1 nitrogen and oxygen atoms in total. The van der Waals surface area contributed by atoms with Gasteiger partial charge in [0.1, 0.15) is 0 Å². The largest absolute Gasteiger partial charge is 0.313 e. The lowest BCUT2D eigenvalue weighted by atomic mass is 9.71. The van der Waals surface area contributed by atoms with Crippen LogP contribution in [0.25, 0.3) is 0 Å². The smallest absolute Gasteiger partial charge is 0.0115 e. The second kappa shape index (κ2) is 6.19. The first-order valence-corrected chi connectivity index (χ1v) is 8.94. The van der Waals surface area contributed by atoms with E-state index in [4.69, 9.17) is 0 Å². The number of hydrogen-bond acceptors (Lipinski definition) is 2. The lowest BCUT2D eigenvalue weighted by Gasteiger charge is -2.38. The molecule has 1 fully saturated rings. The fourth-order valence-corrected chi connectivity index (χ4v) is 4.17. The number of nitrogens with one attached hydrogen (secondary N) is 1. The molecule has 1 saturated carbocycles. The molecule has 1 aromatic heterocycles. The molecule has 1 aliphatic carbocycles. The summed E-state index contributed by atoms with van der Waals surface area (Å²) < 4.78 is 0. The molecule has 1 heterocycles. The van der Waals surface area contributed by atoms with Crippen LogP contribution in [-0.2, 0) is 5.41 Å². The summed E-state index contributed by atoms with van der Waals surface area (Å²) in [7, 11) is 0. The van der Waals surface area contributed by atoms with Gasteiger partial charge in [0.2, 0.25) is 0 Å². The van der Waals surface area contributed by atoms with Crippen LogP contribution in [0.15, 0.2) is 17.5 Å². The molecule has 1 aliphatic rings. The van der Waals surface area contributed by atoms with E-state index in [0.29, 0.717) is 5.41 Å². The summed E-state index contributed by atoms with van der Waals surface area (Å²) >= 11 is 1.88. The fraction of sp³-hybridized carbons (Fsp3) is 0.778. The summed E-state index contributed by atoms with van der Waals surface area (Å²) in [6.07, 6.45) is 5.48. The van der Waals surface area contributed by atoms with Crippen molar-refractivity contribution < 1.29 is 0 Å². The van der Waals surface area contributed by atoms with E-state index in [2.05, 4.69) is 57.4 Å². The fourth-order valence-electron chi connectivity index (χ4n) is 3.31. The van der Waals surface area contributed by atoms with Crippen molar-refractivity contribution in [1.82, 2.24) is 5.32 Å². The zero-order valence-corrected chi connectivity index (χ0v) is 14.6. The minimum Gasteiger partial charge on any atom is -0.313 e. The van der Waals surface area contributed by atoms with Crippen molar-refractivity contribution >= 4 is 11.3 Å². The normalized spacial score (nSPS) is 24.9. The van der Waals surface area contributed by atoms with Gasteiger partial charge in [-0.05, 0) is 48.5 Å². The molecule has 0 aromatic carbocycles. The number of thiophene rings is 1. The van der Waals surface area contributed by atoms with Gasteiger partial charge in [-0.2, -0.15) is 0 Å². The van der Waals surface area contributed by atoms with Gasteiger partial charge in [0.15, 0.2) is 0 Å². The van der Waals surface area contributed by atoms with Crippen molar-refractivity contribution in [3.63, 3.8) is 0 Å². The van der Waals surface area contributed by atoms with Crippen LogP contribution in [0.2, 0.25) is 0 Å². The zero-order valence-electron chi connectivity index (χ0n) is 13.8. The van der Waals surface area contributed by atoms with Crippen LogP contribution in [0.3, 0.4) is 0 Å². The first kappa shape index (κ1) is 16.0. The highest BCUT2D eigenvalue weighted by molar-refractivity contribution is 7.10. The van der Waals surface area contributed by atoms with Gasteiger partial charge in [0.05, 0.1) is 0 Å². The topological polar surface area (TPSA) is 12.0 Å². The average Bonchev–Trinajstić information content (AvgIpc) is 2.90. The second-order valence-electron chi connectivity index (χ2n) is 8.16. The second-order valence-corrected chi connectivity index (χ2v) is 9.10. The summed E-state index contributed by atoms with van der Waals surface area (Å²) in [4.78, 5) is 1.49. The van der Waals surface area contributed by atoms with E-state index in [0.717, 1.165) is 18.5 Å². The van der Waals surface area contributed by atoms with E-state index in [1.54, 1.807) is 0 Å². The first-order chi connectivity index (χ1) is 9.29. The maximum Gasteiger partial charge on any atom is 0.0115 e. The Labute approximate surface area is 129 Å². The SMILES string of the molecule is CC(C)(CNC1CCC(C(C)(C)C)CC1)c1cccs1. The molecule has 114 valence electrons. The Kier molecular flexibility index (Phi) is 4.96. The molecule has 0 bridgehead atoms. The molecule has 0 aliphatic heterocycles. The minimum absolute atomic E-state index is 0.259. The van der Waals surface area contributed by atoms with E-state index < -0.39 is 0 Å². The predicted molar refractivity (Wildman–Crippen MR) is 90.5 cm³/mol. The Hall–Kier alpha value is -0.340. The standard InChI is InChI=1S/C18H31NS/c1-17(2,3)14-8-10-15(11-9-14)19-13-18(4,5)16-7-6-12-20-16/h6-7,12,14-15,19H,8-11,13H2,1-5H3. The molecule has 1 aromatic rings. The lowest BCUT2D eigenvalue weighted by Crippen LogP contribution is -2.41. The third-order valence-corrected chi connectivity index (χ3v) is 6.21. The molecule has 0 amide bonds. The van der Waals surface area contributed by atoms with E-state index in [-0.39, 0.29) is 5.41 Å². The monoisotopic (exact) mass is 293 g/mol. The summed E-state index contributed by atoms with van der Waals surface area (Å²) in [5, 5.41) is 6.01. The van der Waals surface area contributed by atoms with Crippen molar-refractivity contribution in [3.8, 4) is 0 Å². The third kappa shape index (κ3) is 4.08. The van der Waals surface area contributed by atoms with Crippen LogP contribution in [0.1, 0.15) is 65.2 Å². The maximum absolute atomic E-state index is 3.83. The third-order valence-electron chi connectivity index (χ3n) is 4.97. The maximum atomic E-state index is 3.83. The number of hydrogen-bond donors (Lipinski definition) is 1. The lowest BCUT2D eigenvalue weighted by molar-refractivity contribution is 0.158. The van der Waals surface area contributed by atoms with Gasteiger partial charge >= 0.3 is 0 Å². The molecule has 20 heavy (non-hydrogen) atoms. The van der Waals surface area contributed by atoms with Crippen LogP contribution < -0.4 is 5.32 Å². The highest BCUT2D eigenvalue weighted by Crippen LogP contribution is 2.38. The Morgan fingerprint density at radius 1 is 1.10 bits per heavy atom. The van der Waals surface area contributed by atoms with Gasteiger partial charge in [-0.1, -0.05) is 40.7 Å². The van der Waals surface area contributed by atoms with Gasteiger partial charge in [-0.3, -0.25) is 0 Å². The molecule has 0 atom stereocenters. The molecule has 0 radical (unpaired) electrons. The van der Waals surface area contributed by atoms with Gasteiger partial charge in [0, 0.05) is 22.9 Å². The predicted octanol–water partition coefficient (Wildman–Crippen LogP) is 5.22. The Bertz CT molecular complexity index is 392. The van der Waals surface area contributed by atoms with Gasteiger partial charge in [-0.25, -0.2) is 0 Å². The van der Waals surface area contributed by atoms with E-state index in [9.17, 15) is 0 Å². The van der Waals surface area contributed by atoms with Crippen LogP contribution in [0, 0.1) is 11.3 Å². The quantitative estimate of drug-likeness (QED) is 0.802. The molecular weight excluding hydrogens is 262 g/mol. The molecule has 0 spiro atoms. The Morgan fingerprint density at radius 3 is 2.25 bits per heavy atom. The number of rotatable bonds is 4. The van der Waals surface area contributed by atoms with E-state index in [1.807, 2.05) is 11.3 Å². The summed E-state index contributed by atoms with van der Waals surface area (Å²) in [5.41, 5.74) is 0.746. The van der Waals surface area contributed by atoms with Crippen LogP contribution in [-0.4, -0.2) is 12.6 Å². The summed E-state index contributed by atoms with van der Waals surface area (Å²) in [6, 6.07) is 5.16. The minimum atomic E-state index is 0.259. The molecule has 2 rings (SSSR count). The molecule has 2 heteroatoms. The zero-order chi connectivity index (χ0) is 14.8. The highest BCUT2D eigenvalue weighted by Gasteiger charge is 2.30. The molecule has 0 unspecified atom stereocenters. The highest BCUT2D eigenvalue weighted by atomic mass is 32.1. The molecular formula is C18H31NS. The van der Waals surface area contributed by atoms with E-state index in [1.165, 1.54) is 30.6 Å². The molecule has 0 saturated heterocycles. The Balaban J connectivity index is 1.79. The van der Waals surface area contributed by atoms with Crippen LogP contribution in [0.4, 0.5) is 0 Å².